The summed E-state index contributed by atoms with van der Waals surface area (Å²) in [6, 6.07) is 6.54. The number of hydrogen-bond donors (Lipinski definition) is 2. The number of nitrogens with zero attached hydrogens (tertiary/aromatic N) is 6. The second-order valence-electron chi connectivity index (χ2n) is 7.75. The van der Waals surface area contributed by atoms with Gasteiger partial charge in [-0.3, -0.25) is 9.08 Å². The third kappa shape index (κ3) is 3.23. The summed E-state index contributed by atoms with van der Waals surface area (Å²) in [7, 11) is 1.76. The van der Waals surface area contributed by atoms with Gasteiger partial charge in [0.2, 0.25) is 5.95 Å². The van der Waals surface area contributed by atoms with E-state index in [1.807, 2.05) is 19.2 Å². The minimum atomic E-state index is -0.288. The van der Waals surface area contributed by atoms with E-state index >= 15 is 0 Å². The summed E-state index contributed by atoms with van der Waals surface area (Å²) in [6.45, 7) is 2.65. The number of aromatic nitrogens is 5. The van der Waals surface area contributed by atoms with Crippen LogP contribution in [0.1, 0.15) is 35.5 Å². The molecule has 1 aliphatic rings. The van der Waals surface area contributed by atoms with Crippen LogP contribution in [0.3, 0.4) is 0 Å². The zero-order chi connectivity index (χ0) is 22.4. The Labute approximate surface area is 183 Å². The van der Waals surface area contributed by atoms with Crippen molar-refractivity contribution in [2.45, 2.75) is 25.9 Å². The Morgan fingerprint density at radius 3 is 3.00 bits per heavy atom. The van der Waals surface area contributed by atoms with Crippen molar-refractivity contribution in [3.8, 4) is 23.1 Å². The van der Waals surface area contributed by atoms with E-state index in [1.54, 1.807) is 34.5 Å². The number of imidazole rings is 1. The molecule has 1 aliphatic heterocycles. The first-order valence-electron chi connectivity index (χ1n) is 10.2. The lowest BCUT2D eigenvalue weighted by molar-refractivity contribution is 0.356. The van der Waals surface area contributed by atoms with Crippen molar-refractivity contribution in [1.29, 1.82) is 5.26 Å². The molecule has 5 rings (SSSR count). The fourth-order valence-electron chi connectivity index (χ4n) is 3.97. The Balaban J connectivity index is 1.57. The van der Waals surface area contributed by atoms with Crippen LogP contribution in [0.15, 0.2) is 30.6 Å². The first kappa shape index (κ1) is 20.0. The lowest BCUT2D eigenvalue weighted by Crippen LogP contribution is -2.10. The van der Waals surface area contributed by atoms with E-state index in [2.05, 4.69) is 15.4 Å². The van der Waals surface area contributed by atoms with Crippen LogP contribution in [0.25, 0.3) is 16.9 Å². The molecule has 1 aromatic carbocycles. The second kappa shape index (κ2) is 7.62. The van der Waals surface area contributed by atoms with Crippen molar-refractivity contribution in [3.05, 3.63) is 58.9 Å². The van der Waals surface area contributed by atoms with E-state index < -0.39 is 0 Å². The molecule has 32 heavy (non-hydrogen) atoms. The van der Waals surface area contributed by atoms with Gasteiger partial charge in [0, 0.05) is 55.6 Å². The van der Waals surface area contributed by atoms with E-state index in [1.165, 1.54) is 6.07 Å². The Bertz CT molecular complexity index is 1380. The number of nitrogens with two attached hydrogens (primary N) is 1. The number of nitriles is 1. The van der Waals surface area contributed by atoms with Gasteiger partial charge in [-0.2, -0.15) is 10.4 Å². The molecule has 3 aromatic heterocycles. The number of halogens is 1. The van der Waals surface area contributed by atoms with Gasteiger partial charge >= 0.3 is 0 Å². The van der Waals surface area contributed by atoms with Crippen LogP contribution in [-0.4, -0.2) is 30.8 Å². The molecule has 0 amide bonds. The highest BCUT2D eigenvalue weighted by Gasteiger charge is 2.21. The Hall–Kier alpha value is -3.97. The summed E-state index contributed by atoms with van der Waals surface area (Å²) in [6.07, 6.45) is 4.16. The molecule has 0 bridgehead atoms. The van der Waals surface area contributed by atoms with Crippen LogP contribution in [-0.2, 0) is 20.0 Å². The summed E-state index contributed by atoms with van der Waals surface area (Å²) in [4.78, 5) is 9.26. The number of aryl methyl sites for hydroxylation is 1. The largest absolute Gasteiger partial charge is 0.493 e. The van der Waals surface area contributed by atoms with Gasteiger partial charge in [0.15, 0.2) is 11.3 Å². The average Bonchev–Trinajstić information content (AvgIpc) is 3.51. The third-order valence-corrected chi connectivity index (χ3v) is 5.61. The Morgan fingerprint density at radius 2 is 2.25 bits per heavy atom. The summed E-state index contributed by atoms with van der Waals surface area (Å²) in [5.74, 6) is 0.945. The molecule has 4 heterocycles. The Kier molecular flexibility index (Phi) is 4.75. The average molecular weight is 432 g/mol. The number of ether oxygens (including phenoxy) is 1. The molecule has 4 aromatic rings. The van der Waals surface area contributed by atoms with Gasteiger partial charge in [0.25, 0.3) is 0 Å². The Morgan fingerprint density at radius 1 is 1.41 bits per heavy atom. The molecule has 3 N–H and O–H groups in total. The maximum Gasteiger partial charge on any atom is 0.208 e. The molecule has 1 unspecified atom stereocenters. The normalized spacial score (nSPS) is 13.6. The van der Waals surface area contributed by atoms with Crippen LogP contribution in [0.2, 0.25) is 0 Å². The first-order chi connectivity index (χ1) is 15.5. The monoisotopic (exact) mass is 432 g/mol. The van der Waals surface area contributed by atoms with Gasteiger partial charge in [-0.1, -0.05) is 0 Å². The highest BCUT2D eigenvalue weighted by molar-refractivity contribution is 5.76. The summed E-state index contributed by atoms with van der Waals surface area (Å²) in [5.41, 5.74) is 10.5. The van der Waals surface area contributed by atoms with Crippen molar-refractivity contribution in [1.82, 2.24) is 24.1 Å². The smallest absolute Gasteiger partial charge is 0.208 e. The minimum Gasteiger partial charge on any atom is -0.493 e. The number of anilines is 1. The molecule has 9 nitrogen and oxygen atoms in total. The molecule has 0 radical (unpaired) electrons. The van der Waals surface area contributed by atoms with Gasteiger partial charge in [0.1, 0.15) is 17.6 Å². The predicted octanol–water partition coefficient (Wildman–Crippen LogP) is 2.71. The fraction of sp³-hybridized carbons (Fsp3) is 0.273. The molecule has 162 valence electrons. The molecule has 0 spiro atoms. The topological polar surface area (TPSA) is 119 Å². The van der Waals surface area contributed by atoms with Crippen LogP contribution in [0.5, 0.6) is 5.75 Å². The summed E-state index contributed by atoms with van der Waals surface area (Å²) in [5, 5.41) is 16.6. The van der Waals surface area contributed by atoms with Crippen molar-refractivity contribution < 1.29 is 9.13 Å². The number of hydrogen-bond acceptors (Lipinski definition) is 7. The van der Waals surface area contributed by atoms with Gasteiger partial charge in [0.05, 0.1) is 23.6 Å². The molecular formula is C22H21FN8O. The zero-order valence-electron chi connectivity index (χ0n) is 17.6. The SMILES string of the molecule is CC(N)c1cn2c(NCc3c(F)ccc4c3CCO4)ncc(-c3cc(C#N)nn3C)c2n1. The van der Waals surface area contributed by atoms with E-state index in [9.17, 15) is 9.65 Å². The number of fused-ring (bicyclic) bond motifs is 2. The number of rotatable bonds is 5. The van der Waals surface area contributed by atoms with E-state index in [0.717, 1.165) is 11.3 Å². The first-order valence-corrected chi connectivity index (χ1v) is 10.2. The van der Waals surface area contributed by atoms with Crippen molar-refractivity contribution in [2.24, 2.45) is 12.8 Å². The zero-order valence-corrected chi connectivity index (χ0v) is 17.6. The van der Waals surface area contributed by atoms with Crippen LogP contribution >= 0.6 is 0 Å². The van der Waals surface area contributed by atoms with Gasteiger partial charge in [-0.15, -0.1) is 0 Å². The molecule has 0 saturated carbocycles. The standard InChI is InChI=1S/C22H21FN8O/c1-12(25)18-11-31-21(28-18)16(19-7-13(8-24)29-30(19)2)10-27-22(31)26-9-15-14-5-6-32-20(14)4-3-17(15)23/h3-4,7,10-12H,5-6,9,25H2,1-2H3,(H,26,27). The van der Waals surface area contributed by atoms with E-state index in [-0.39, 0.29) is 18.4 Å². The van der Waals surface area contributed by atoms with E-state index in [4.69, 9.17) is 15.5 Å². The van der Waals surface area contributed by atoms with Crippen molar-refractivity contribution >= 4 is 11.6 Å². The fourth-order valence-corrected chi connectivity index (χ4v) is 3.97. The molecule has 0 aliphatic carbocycles. The summed E-state index contributed by atoms with van der Waals surface area (Å²) >= 11 is 0. The quantitative estimate of drug-likeness (QED) is 0.498. The highest BCUT2D eigenvalue weighted by atomic mass is 19.1. The van der Waals surface area contributed by atoms with E-state index in [0.29, 0.717) is 52.8 Å². The van der Waals surface area contributed by atoms with Gasteiger partial charge in [-0.25, -0.2) is 14.4 Å². The van der Waals surface area contributed by atoms with Crippen LogP contribution in [0.4, 0.5) is 10.3 Å². The molecular weight excluding hydrogens is 411 g/mol. The highest BCUT2D eigenvalue weighted by Crippen LogP contribution is 2.31. The molecule has 0 fully saturated rings. The number of nitrogens with one attached hydrogen (secondary N) is 1. The second-order valence-corrected chi connectivity index (χ2v) is 7.75. The van der Waals surface area contributed by atoms with Crippen molar-refractivity contribution in [3.63, 3.8) is 0 Å². The molecule has 10 heteroatoms. The number of benzene rings is 1. The summed E-state index contributed by atoms with van der Waals surface area (Å²) < 4.78 is 23.5. The maximum absolute atomic E-state index is 14.5. The van der Waals surface area contributed by atoms with Crippen molar-refractivity contribution in [2.75, 3.05) is 11.9 Å². The van der Waals surface area contributed by atoms with Crippen LogP contribution < -0.4 is 15.8 Å². The van der Waals surface area contributed by atoms with Crippen LogP contribution in [0, 0.1) is 17.1 Å². The molecule has 1 atom stereocenters. The lowest BCUT2D eigenvalue weighted by atomic mass is 10.0. The van der Waals surface area contributed by atoms with Gasteiger partial charge in [-0.05, 0) is 19.1 Å². The third-order valence-electron chi connectivity index (χ3n) is 5.61. The minimum absolute atomic E-state index is 0.246. The maximum atomic E-state index is 14.5. The lowest BCUT2D eigenvalue weighted by Gasteiger charge is -2.13. The predicted molar refractivity (Wildman–Crippen MR) is 115 cm³/mol. The van der Waals surface area contributed by atoms with Gasteiger partial charge < -0.3 is 15.8 Å². The molecule has 0 saturated heterocycles.